The van der Waals surface area contributed by atoms with E-state index in [0.29, 0.717) is 0 Å². The van der Waals surface area contributed by atoms with Crippen molar-refractivity contribution in [2.45, 2.75) is 20.8 Å². The number of hydrogen-bond donors (Lipinski definition) is 0. The second-order valence-corrected chi connectivity index (χ2v) is 17.3. The van der Waals surface area contributed by atoms with Gasteiger partial charge in [-0.05, 0) is 112 Å². The highest BCUT2D eigenvalue weighted by Gasteiger charge is 2.23. The van der Waals surface area contributed by atoms with Crippen LogP contribution in [0.15, 0.2) is 219 Å². The van der Waals surface area contributed by atoms with Crippen LogP contribution < -0.4 is 4.90 Å². The lowest BCUT2D eigenvalue weighted by molar-refractivity contribution is 1.18. The molecule has 0 aliphatic rings. The van der Waals surface area contributed by atoms with E-state index >= 15 is 0 Å². The molecule has 7 heteroatoms. The molecular formula is C60H45N7. The van der Waals surface area contributed by atoms with Gasteiger partial charge in [0.2, 0.25) is 0 Å². The summed E-state index contributed by atoms with van der Waals surface area (Å²) in [7, 11) is 0. The predicted octanol–water partition coefficient (Wildman–Crippen LogP) is 15.0. The van der Waals surface area contributed by atoms with Gasteiger partial charge in [0.05, 0.1) is 34.2 Å². The lowest BCUT2D eigenvalue weighted by Gasteiger charge is -2.27. The first-order valence-electron chi connectivity index (χ1n) is 22.7. The standard InChI is InChI=1S/C60H45N7/c1-40-16-10-19-43(34-40)55-58(64-31-7-4-28-52(64)61-55)46-22-13-25-49(37-46)67(50-26-14-23-47(38-50)59-56(44-20-11-17-41(2)35-44)62-53-29-5-8-32-65(53)59)51-27-15-24-48(39-51)60-57(45-21-12-18-42(3)36-45)63-54-30-6-9-33-66(54)60/h4-39H,1-3H3. The zero-order chi connectivity index (χ0) is 45.0. The van der Waals surface area contributed by atoms with Gasteiger partial charge in [0.25, 0.3) is 0 Å². The van der Waals surface area contributed by atoms with Crippen LogP contribution in [0.2, 0.25) is 0 Å². The Morgan fingerprint density at radius 3 is 0.910 bits per heavy atom. The summed E-state index contributed by atoms with van der Waals surface area (Å²) in [5.74, 6) is 0. The Bertz CT molecular complexity index is 3430. The summed E-state index contributed by atoms with van der Waals surface area (Å²) in [6.45, 7) is 6.40. The number of rotatable bonds is 9. The highest BCUT2D eigenvalue weighted by atomic mass is 15.1. The maximum Gasteiger partial charge on any atom is 0.137 e. The quantitative estimate of drug-likeness (QED) is 0.145. The molecule has 6 heterocycles. The molecule has 0 aliphatic heterocycles. The van der Waals surface area contributed by atoms with Crippen molar-refractivity contribution in [2.24, 2.45) is 0 Å². The Labute approximate surface area is 389 Å². The van der Waals surface area contributed by atoms with E-state index in [9.17, 15) is 0 Å². The molecule has 0 radical (unpaired) electrons. The summed E-state index contributed by atoms with van der Waals surface area (Å²) in [5.41, 5.74) is 21.6. The van der Waals surface area contributed by atoms with Crippen molar-refractivity contribution in [3.05, 3.63) is 235 Å². The summed E-state index contributed by atoms with van der Waals surface area (Å²) in [5, 5.41) is 0. The van der Waals surface area contributed by atoms with Crippen molar-refractivity contribution >= 4 is 34.0 Å². The van der Waals surface area contributed by atoms with Crippen molar-refractivity contribution in [1.29, 1.82) is 0 Å². The fourth-order valence-corrected chi connectivity index (χ4v) is 9.62. The molecule has 0 fully saturated rings. The molecule has 0 saturated carbocycles. The van der Waals surface area contributed by atoms with Crippen molar-refractivity contribution < 1.29 is 0 Å². The average Bonchev–Trinajstić information content (AvgIpc) is 4.07. The number of anilines is 3. The third kappa shape index (κ3) is 7.14. The molecule has 0 N–H and O–H groups in total. The van der Waals surface area contributed by atoms with E-state index in [1.165, 1.54) is 16.7 Å². The molecule has 0 saturated heterocycles. The van der Waals surface area contributed by atoms with E-state index in [1.54, 1.807) is 0 Å². The van der Waals surface area contributed by atoms with E-state index in [2.05, 4.69) is 239 Å². The van der Waals surface area contributed by atoms with E-state index in [0.717, 1.165) is 102 Å². The van der Waals surface area contributed by atoms with Crippen molar-refractivity contribution in [1.82, 2.24) is 28.2 Å². The average molecular weight is 864 g/mol. The number of hydrogen-bond acceptors (Lipinski definition) is 4. The zero-order valence-electron chi connectivity index (χ0n) is 37.4. The van der Waals surface area contributed by atoms with Crippen molar-refractivity contribution in [3.8, 4) is 67.5 Å². The van der Waals surface area contributed by atoms with Gasteiger partial charge in [-0.15, -0.1) is 0 Å². The topological polar surface area (TPSA) is 55.1 Å². The Morgan fingerprint density at radius 1 is 0.299 bits per heavy atom. The fraction of sp³-hybridized carbons (Fsp3) is 0.0500. The molecule has 0 spiro atoms. The second kappa shape index (κ2) is 16.3. The van der Waals surface area contributed by atoms with Crippen molar-refractivity contribution in [3.63, 3.8) is 0 Å². The smallest absolute Gasteiger partial charge is 0.137 e. The predicted molar refractivity (Wildman–Crippen MR) is 274 cm³/mol. The van der Waals surface area contributed by atoms with E-state index in [1.807, 2.05) is 18.2 Å². The Morgan fingerprint density at radius 2 is 0.597 bits per heavy atom. The summed E-state index contributed by atoms with van der Waals surface area (Å²) >= 11 is 0. The number of pyridine rings is 3. The summed E-state index contributed by atoms with van der Waals surface area (Å²) < 4.78 is 6.62. The van der Waals surface area contributed by atoms with Crippen LogP contribution in [-0.2, 0) is 0 Å². The molecule has 0 amide bonds. The van der Waals surface area contributed by atoms with Crippen LogP contribution in [0.4, 0.5) is 17.1 Å². The number of benzene rings is 6. The molecule has 6 aromatic heterocycles. The summed E-state index contributed by atoms with van der Waals surface area (Å²) in [6, 6.07) is 71.0. The van der Waals surface area contributed by atoms with Gasteiger partial charge in [0.15, 0.2) is 0 Å². The molecule has 67 heavy (non-hydrogen) atoms. The van der Waals surface area contributed by atoms with Gasteiger partial charge >= 0.3 is 0 Å². The normalized spacial score (nSPS) is 11.5. The van der Waals surface area contributed by atoms with Gasteiger partial charge in [-0.3, -0.25) is 13.2 Å². The third-order valence-corrected chi connectivity index (χ3v) is 12.6. The van der Waals surface area contributed by atoms with Gasteiger partial charge in [-0.25, -0.2) is 15.0 Å². The van der Waals surface area contributed by atoms with Gasteiger partial charge in [-0.2, -0.15) is 0 Å². The molecule has 0 unspecified atom stereocenters. The molecule has 12 aromatic rings. The first kappa shape index (κ1) is 39.8. The van der Waals surface area contributed by atoms with Gasteiger partial charge in [-0.1, -0.05) is 126 Å². The Hall–Kier alpha value is -8.81. The molecule has 7 nitrogen and oxygen atoms in total. The lowest BCUT2D eigenvalue weighted by Crippen LogP contribution is -2.10. The van der Waals surface area contributed by atoms with Crippen LogP contribution in [0.1, 0.15) is 16.7 Å². The van der Waals surface area contributed by atoms with E-state index < -0.39 is 0 Å². The lowest BCUT2D eigenvalue weighted by atomic mass is 10.0. The molecule has 12 rings (SSSR count). The molecule has 6 aromatic carbocycles. The van der Waals surface area contributed by atoms with Crippen LogP contribution >= 0.6 is 0 Å². The number of fused-ring (bicyclic) bond motifs is 3. The monoisotopic (exact) mass is 863 g/mol. The first-order chi connectivity index (χ1) is 32.9. The molecule has 0 aliphatic carbocycles. The van der Waals surface area contributed by atoms with Gasteiger partial charge < -0.3 is 4.90 Å². The maximum atomic E-state index is 5.23. The molecule has 0 atom stereocenters. The molecule has 0 bridgehead atoms. The SMILES string of the molecule is Cc1cccc(-c2nc3ccccn3c2-c2cccc(N(c3cccc(-c4c(-c5cccc(C)c5)nc5ccccn45)c3)c3cccc(-c4c(-c5cccc(C)c5)nc5ccccn45)c3)c2)c1. The van der Waals surface area contributed by atoms with Crippen LogP contribution in [0, 0.1) is 20.8 Å². The highest BCUT2D eigenvalue weighted by molar-refractivity contribution is 5.90. The third-order valence-electron chi connectivity index (χ3n) is 12.6. The van der Waals surface area contributed by atoms with Gasteiger partial charge in [0, 0.05) is 69.0 Å². The fourth-order valence-electron chi connectivity index (χ4n) is 9.62. The minimum Gasteiger partial charge on any atom is -0.310 e. The number of nitrogens with zero attached hydrogens (tertiary/aromatic N) is 7. The van der Waals surface area contributed by atoms with Crippen LogP contribution in [-0.4, -0.2) is 28.2 Å². The molecular weight excluding hydrogens is 819 g/mol. The minimum atomic E-state index is 0.895. The Kier molecular flexibility index (Phi) is 9.68. The van der Waals surface area contributed by atoms with Crippen LogP contribution in [0.3, 0.4) is 0 Å². The Balaban J connectivity index is 1.08. The van der Waals surface area contributed by atoms with Crippen LogP contribution in [0.25, 0.3) is 84.5 Å². The maximum absolute atomic E-state index is 5.23. The number of aryl methyl sites for hydroxylation is 3. The van der Waals surface area contributed by atoms with E-state index in [4.69, 9.17) is 15.0 Å². The number of aromatic nitrogens is 6. The minimum absolute atomic E-state index is 0.895. The largest absolute Gasteiger partial charge is 0.310 e. The van der Waals surface area contributed by atoms with Crippen molar-refractivity contribution in [2.75, 3.05) is 4.90 Å². The first-order valence-corrected chi connectivity index (χ1v) is 22.7. The summed E-state index contributed by atoms with van der Waals surface area (Å²) in [6.07, 6.45) is 6.33. The molecule has 320 valence electrons. The van der Waals surface area contributed by atoms with Crippen LogP contribution in [0.5, 0.6) is 0 Å². The van der Waals surface area contributed by atoms with Gasteiger partial charge in [0.1, 0.15) is 16.9 Å². The number of imidazole rings is 3. The summed E-state index contributed by atoms with van der Waals surface area (Å²) in [4.78, 5) is 18.1. The zero-order valence-corrected chi connectivity index (χ0v) is 37.4. The van der Waals surface area contributed by atoms with E-state index in [-0.39, 0.29) is 0 Å². The highest BCUT2D eigenvalue weighted by Crippen LogP contribution is 2.43. The second-order valence-electron chi connectivity index (χ2n) is 17.3.